The first-order chi connectivity index (χ1) is 8.00. The summed E-state index contributed by atoms with van der Waals surface area (Å²) in [5.74, 6) is 0. The first-order valence-electron chi connectivity index (χ1n) is 4.50. The van der Waals surface area contributed by atoms with Gasteiger partial charge in [0.25, 0.3) is 0 Å². The zero-order valence-electron chi connectivity index (χ0n) is 9.80. The van der Waals surface area contributed by atoms with Crippen molar-refractivity contribution in [3.63, 3.8) is 0 Å². The minimum absolute atomic E-state index is 0.750. The third-order valence-corrected chi connectivity index (χ3v) is 1.11. The normalized spacial score (nSPS) is 6.12. The Morgan fingerprint density at radius 1 is 0.688 bits per heavy atom. The molecule has 2 aromatic carbocycles. The summed E-state index contributed by atoms with van der Waals surface area (Å²) >= 11 is 1.75. The van der Waals surface area contributed by atoms with Crippen molar-refractivity contribution < 1.29 is 30.2 Å². The first kappa shape index (κ1) is 20.6. The fourth-order valence-electron chi connectivity index (χ4n) is 0.642. The summed E-state index contributed by atoms with van der Waals surface area (Å²) in [5, 5.41) is 16.5. The van der Waals surface area contributed by atoms with Crippen molar-refractivity contribution in [2.24, 2.45) is 0 Å². The van der Waals surface area contributed by atoms with E-state index in [2.05, 4.69) is 4.82 Å². The Bertz CT molecular complexity index is 166. The van der Waals surface area contributed by atoms with Gasteiger partial charge in [-0.15, -0.1) is 0 Å². The van der Waals surface area contributed by atoms with Gasteiger partial charge in [-0.25, -0.2) is 24.3 Å². The molecule has 0 aliphatic carbocycles. The molecule has 0 spiro atoms. The molecule has 2 nitrogen and oxygen atoms in total. The predicted molar refractivity (Wildman–Crippen MR) is 63.0 cm³/mol. The minimum atomic E-state index is 0.750. The molecule has 0 heterocycles. The molecule has 0 bridgehead atoms. The molecule has 0 aliphatic heterocycles. The van der Waals surface area contributed by atoms with Crippen LogP contribution >= 0.6 is 0 Å². The van der Waals surface area contributed by atoms with E-state index in [1.807, 2.05) is 60.7 Å². The minimum Gasteiger partial charge on any atom is -0.214 e. The van der Waals surface area contributed by atoms with E-state index in [-0.39, 0.29) is 0 Å². The van der Waals surface area contributed by atoms with Gasteiger partial charge in [0.05, 0.1) is 0 Å². The summed E-state index contributed by atoms with van der Waals surface area (Å²) < 4.78 is 0. The Morgan fingerprint density at radius 2 is 0.875 bits per heavy atom. The molecule has 0 atom stereocenters. The van der Waals surface area contributed by atoms with Crippen LogP contribution in [-0.4, -0.2) is 19.0 Å². The van der Waals surface area contributed by atoms with Crippen molar-refractivity contribution in [3.8, 4) is 0 Å². The molecule has 0 aromatic heterocycles. The van der Waals surface area contributed by atoms with Gasteiger partial charge in [0.2, 0.25) is 0 Å². The largest absolute Gasteiger partial charge is 0.214 e. The topological polar surface area (TPSA) is 46.1 Å². The molecule has 0 amide bonds. The van der Waals surface area contributed by atoms with Crippen LogP contribution in [-0.2, 0) is 20.0 Å². The van der Waals surface area contributed by atoms with Crippen molar-refractivity contribution >= 4 is 4.82 Å². The van der Waals surface area contributed by atoms with Gasteiger partial charge < -0.3 is 10.2 Å². The Balaban J connectivity index is -0.000000146. The standard InChI is InChI=1S/2C5H5.2CH3O.CH2.Ti/c2*1-2-4-5-3-1;2*1-2;;/h2*1-5H;2*1H3;1H2;/q4*-1;;+2. The van der Waals surface area contributed by atoms with Gasteiger partial charge in [0.15, 0.2) is 0 Å². The van der Waals surface area contributed by atoms with Crippen LogP contribution in [0.15, 0.2) is 60.7 Å². The second-order valence-electron chi connectivity index (χ2n) is 1.92. The van der Waals surface area contributed by atoms with Gasteiger partial charge in [0.1, 0.15) is 0 Å². The summed E-state index contributed by atoms with van der Waals surface area (Å²) in [6.07, 6.45) is 0. The van der Waals surface area contributed by atoms with Crippen molar-refractivity contribution in [3.05, 3.63) is 60.7 Å². The molecule has 3 heteroatoms. The number of hydrogen-bond donors (Lipinski definition) is 0. The Hall–Kier alpha value is -0.796. The second-order valence-corrected chi connectivity index (χ2v) is 1.92. The van der Waals surface area contributed by atoms with Crippen LogP contribution in [0.5, 0.6) is 0 Å². The van der Waals surface area contributed by atoms with Crippen LogP contribution in [0, 0.1) is 0 Å². The molecule has 88 valence electrons. The Labute approximate surface area is 110 Å². The fraction of sp³-hybridized carbons (Fsp3) is 0.154. The van der Waals surface area contributed by atoms with Crippen molar-refractivity contribution in [1.82, 2.24) is 0 Å². The fourth-order valence-corrected chi connectivity index (χ4v) is 0.642. The predicted octanol–water partition coefficient (Wildman–Crippen LogP) is 0.729. The van der Waals surface area contributed by atoms with E-state index in [9.17, 15) is 0 Å². The molecule has 0 saturated heterocycles. The third kappa shape index (κ3) is 23.2. The summed E-state index contributed by atoms with van der Waals surface area (Å²) in [6, 6.07) is 20.0. The first-order valence-corrected chi connectivity index (χ1v) is 5.61. The SMILES string of the molecule is C[O-].C[O-].[CH2]=[Ti+2].c1cc[cH-]c1.c1cc[cH-]c1. The van der Waals surface area contributed by atoms with Crippen LogP contribution in [0.2, 0.25) is 0 Å². The van der Waals surface area contributed by atoms with E-state index in [0.717, 1.165) is 14.2 Å². The van der Waals surface area contributed by atoms with E-state index in [1.165, 1.54) is 0 Å². The second kappa shape index (κ2) is 29.2. The smallest absolute Gasteiger partial charge is 0.172 e. The van der Waals surface area contributed by atoms with E-state index in [0.29, 0.717) is 0 Å². The van der Waals surface area contributed by atoms with Crippen LogP contribution in [0.25, 0.3) is 0 Å². The van der Waals surface area contributed by atoms with Gasteiger partial charge in [-0.1, -0.05) is 0 Å². The molecule has 0 radical (unpaired) electrons. The van der Waals surface area contributed by atoms with Gasteiger partial charge in [-0.05, 0) is 0 Å². The van der Waals surface area contributed by atoms with Crippen molar-refractivity contribution in [2.45, 2.75) is 0 Å². The summed E-state index contributed by atoms with van der Waals surface area (Å²) in [6.45, 7) is 0. The van der Waals surface area contributed by atoms with Gasteiger partial charge >= 0.3 is 24.8 Å². The molecular formula is C13H18O2Ti-2. The molecule has 0 unspecified atom stereocenters. The van der Waals surface area contributed by atoms with E-state index in [1.54, 1.807) is 20.0 Å². The zero-order chi connectivity index (χ0) is 13.1. The zero-order valence-corrected chi connectivity index (χ0v) is 11.4. The molecule has 0 fully saturated rings. The van der Waals surface area contributed by atoms with Gasteiger partial charge in [-0.2, -0.15) is 50.6 Å². The summed E-state index contributed by atoms with van der Waals surface area (Å²) in [4.78, 5) is 3.25. The van der Waals surface area contributed by atoms with Crippen molar-refractivity contribution in [2.75, 3.05) is 14.2 Å². The van der Waals surface area contributed by atoms with Gasteiger partial charge in [0, 0.05) is 0 Å². The Kier molecular flexibility index (Phi) is 37.6. The van der Waals surface area contributed by atoms with Crippen LogP contribution in [0.3, 0.4) is 0 Å². The van der Waals surface area contributed by atoms with Crippen LogP contribution < -0.4 is 10.2 Å². The molecule has 0 aliphatic rings. The molecule has 0 N–H and O–H groups in total. The average molecular weight is 254 g/mol. The molecular weight excluding hydrogens is 236 g/mol. The van der Waals surface area contributed by atoms with Gasteiger partial charge in [-0.3, -0.25) is 0 Å². The monoisotopic (exact) mass is 254 g/mol. The van der Waals surface area contributed by atoms with Crippen molar-refractivity contribution in [1.29, 1.82) is 0 Å². The van der Waals surface area contributed by atoms with E-state index < -0.39 is 0 Å². The maximum absolute atomic E-state index is 8.25. The maximum Gasteiger partial charge on any atom is -0.172 e. The molecule has 16 heavy (non-hydrogen) atoms. The summed E-state index contributed by atoms with van der Waals surface area (Å²) in [5.41, 5.74) is 0. The van der Waals surface area contributed by atoms with E-state index >= 15 is 0 Å². The third-order valence-electron chi connectivity index (χ3n) is 1.11. The number of rotatable bonds is 0. The van der Waals surface area contributed by atoms with Crippen LogP contribution in [0.1, 0.15) is 0 Å². The quantitative estimate of drug-likeness (QED) is 0.514. The number of hydrogen-bond acceptors (Lipinski definition) is 2. The average Bonchev–Trinajstić information content (AvgIpc) is 3.14. The maximum atomic E-state index is 8.25. The van der Waals surface area contributed by atoms with Crippen LogP contribution in [0.4, 0.5) is 0 Å². The molecule has 2 aromatic rings. The molecule has 0 saturated carbocycles. The Morgan fingerprint density at radius 3 is 0.938 bits per heavy atom. The molecule has 2 rings (SSSR count). The summed E-state index contributed by atoms with van der Waals surface area (Å²) in [7, 11) is 1.50. The van der Waals surface area contributed by atoms with E-state index in [4.69, 9.17) is 10.2 Å².